The van der Waals surface area contributed by atoms with E-state index in [4.69, 9.17) is 0 Å². The first-order valence-corrected chi connectivity index (χ1v) is 6.45. The average molecular weight is 262 g/mol. The molecule has 6 nitrogen and oxygen atoms in total. The topological polar surface area (TPSA) is 89.3 Å². The molecule has 0 atom stereocenters. The third kappa shape index (κ3) is 3.66. The summed E-state index contributed by atoms with van der Waals surface area (Å²) in [6, 6.07) is 2.66. The van der Waals surface area contributed by atoms with Crippen LogP contribution in [0.5, 0.6) is 0 Å². The van der Waals surface area contributed by atoms with Crippen LogP contribution in [0.4, 0.5) is 15.8 Å². The third-order valence-electron chi connectivity index (χ3n) is 1.90. The molecule has 0 saturated carbocycles. The smallest absolute Gasteiger partial charge is 0.271 e. The fourth-order valence-corrected chi connectivity index (χ4v) is 2.32. The molecule has 8 heteroatoms. The first-order chi connectivity index (χ1) is 7.85. The van der Waals surface area contributed by atoms with Crippen LogP contribution in [-0.4, -0.2) is 19.1 Å². The highest BCUT2D eigenvalue weighted by atomic mass is 32.2. The van der Waals surface area contributed by atoms with Crippen LogP contribution in [0, 0.1) is 15.9 Å². The van der Waals surface area contributed by atoms with Gasteiger partial charge in [-0.3, -0.25) is 14.8 Å². The van der Waals surface area contributed by atoms with Crippen molar-refractivity contribution in [2.75, 3.05) is 10.5 Å². The Balaban J connectivity index is 3.06. The summed E-state index contributed by atoms with van der Waals surface area (Å²) in [5.41, 5.74) is -0.784. The lowest BCUT2D eigenvalue weighted by atomic mass is 10.3. The molecular formula is C9H11FN2O4S. The average Bonchev–Trinajstić information content (AvgIpc) is 2.20. The zero-order chi connectivity index (χ0) is 13.1. The van der Waals surface area contributed by atoms with Gasteiger partial charge in [0, 0.05) is 12.1 Å². The van der Waals surface area contributed by atoms with Crippen LogP contribution in [-0.2, 0) is 10.0 Å². The van der Waals surface area contributed by atoms with E-state index in [1.54, 1.807) is 6.92 Å². The van der Waals surface area contributed by atoms with Gasteiger partial charge >= 0.3 is 0 Å². The van der Waals surface area contributed by atoms with Gasteiger partial charge in [0.1, 0.15) is 5.82 Å². The van der Waals surface area contributed by atoms with Crippen molar-refractivity contribution in [2.24, 2.45) is 0 Å². The number of hydrogen-bond acceptors (Lipinski definition) is 4. The van der Waals surface area contributed by atoms with Gasteiger partial charge in [-0.2, -0.15) is 0 Å². The van der Waals surface area contributed by atoms with E-state index in [2.05, 4.69) is 0 Å². The molecule has 1 aromatic carbocycles. The Morgan fingerprint density at radius 1 is 1.47 bits per heavy atom. The van der Waals surface area contributed by atoms with Crippen LogP contribution in [0.25, 0.3) is 0 Å². The van der Waals surface area contributed by atoms with Crippen LogP contribution in [0.1, 0.15) is 13.3 Å². The molecule has 0 fully saturated rings. The summed E-state index contributed by atoms with van der Waals surface area (Å²) in [7, 11) is -3.66. The van der Waals surface area contributed by atoms with Crippen LogP contribution < -0.4 is 4.72 Å². The second-order valence-electron chi connectivity index (χ2n) is 3.34. The number of sulfonamides is 1. The molecule has 0 aliphatic rings. The molecule has 0 unspecified atom stereocenters. The summed E-state index contributed by atoms with van der Waals surface area (Å²) in [4.78, 5) is 9.74. The Morgan fingerprint density at radius 2 is 2.12 bits per heavy atom. The number of benzene rings is 1. The molecule has 0 saturated heterocycles. The molecule has 0 aliphatic heterocycles. The fourth-order valence-electron chi connectivity index (χ4n) is 1.19. The number of nitro groups is 1. The zero-order valence-electron chi connectivity index (χ0n) is 9.01. The maximum absolute atomic E-state index is 13.3. The summed E-state index contributed by atoms with van der Waals surface area (Å²) in [6.07, 6.45) is 0.367. The Bertz CT molecular complexity index is 530. The summed E-state index contributed by atoms with van der Waals surface area (Å²) in [6.45, 7) is 1.66. The van der Waals surface area contributed by atoms with Gasteiger partial charge in [-0.05, 0) is 12.5 Å². The van der Waals surface area contributed by atoms with Crippen LogP contribution >= 0.6 is 0 Å². The predicted molar refractivity (Wildman–Crippen MR) is 60.8 cm³/mol. The first-order valence-electron chi connectivity index (χ1n) is 4.80. The number of nitrogens with zero attached hydrogens (tertiary/aromatic N) is 1. The zero-order valence-corrected chi connectivity index (χ0v) is 9.83. The summed E-state index contributed by atoms with van der Waals surface area (Å²) < 4.78 is 38.0. The van der Waals surface area contributed by atoms with Gasteiger partial charge in [-0.15, -0.1) is 0 Å². The van der Waals surface area contributed by atoms with Gasteiger partial charge in [-0.1, -0.05) is 6.92 Å². The number of hydrogen-bond donors (Lipinski definition) is 1. The molecular weight excluding hydrogens is 251 g/mol. The molecule has 0 spiro atoms. The highest BCUT2D eigenvalue weighted by molar-refractivity contribution is 7.92. The van der Waals surface area contributed by atoms with E-state index in [9.17, 15) is 22.9 Å². The quantitative estimate of drug-likeness (QED) is 0.648. The van der Waals surface area contributed by atoms with E-state index in [-0.39, 0.29) is 11.4 Å². The lowest BCUT2D eigenvalue weighted by molar-refractivity contribution is -0.384. The van der Waals surface area contributed by atoms with Crippen molar-refractivity contribution in [1.82, 2.24) is 0 Å². The molecule has 0 heterocycles. The number of rotatable bonds is 5. The molecule has 0 amide bonds. The largest absolute Gasteiger partial charge is 0.280 e. The minimum Gasteiger partial charge on any atom is -0.280 e. The van der Waals surface area contributed by atoms with Crippen molar-refractivity contribution in [2.45, 2.75) is 13.3 Å². The normalized spacial score (nSPS) is 11.2. The molecule has 0 aliphatic carbocycles. The number of non-ortho nitro benzene ring substituents is 1. The van der Waals surface area contributed by atoms with Crippen LogP contribution in [0.2, 0.25) is 0 Å². The van der Waals surface area contributed by atoms with Crippen molar-refractivity contribution in [3.8, 4) is 0 Å². The molecule has 1 rings (SSSR count). The maximum atomic E-state index is 13.3. The summed E-state index contributed by atoms with van der Waals surface area (Å²) in [5, 5.41) is 10.5. The Labute approximate surface area is 97.7 Å². The molecule has 17 heavy (non-hydrogen) atoms. The molecule has 0 aromatic heterocycles. The molecule has 0 bridgehead atoms. The van der Waals surface area contributed by atoms with Gasteiger partial charge in [-0.25, -0.2) is 12.8 Å². The molecule has 1 aromatic rings. The Kier molecular flexibility index (Phi) is 4.00. The van der Waals surface area contributed by atoms with Gasteiger partial charge < -0.3 is 0 Å². The van der Waals surface area contributed by atoms with E-state index in [0.29, 0.717) is 6.42 Å². The van der Waals surface area contributed by atoms with E-state index in [1.807, 2.05) is 4.72 Å². The van der Waals surface area contributed by atoms with Crippen molar-refractivity contribution in [3.05, 3.63) is 34.1 Å². The highest BCUT2D eigenvalue weighted by Gasteiger charge is 2.15. The van der Waals surface area contributed by atoms with Crippen LogP contribution in [0.3, 0.4) is 0 Å². The standard InChI is InChI=1S/C9H11FN2O4S/c1-2-5-17(15,16)11-9-6-7(12(13)14)3-4-8(9)10/h3-4,6,11H,2,5H2,1H3. The number of nitrogens with one attached hydrogen (secondary N) is 1. The van der Waals surface area contributed by atoms with E-state index in [1.165, 1.54) is 0 Å². The van der Waals surface area contributed by atoms with E-state index < -0.39 is 26.5 Å². The van der Waals surface area contributed by atoms with Gasteiger partial charge in [0.25, 0.3) is 5.69 Å². The van der Waals surface area contributed by atoms with Crippen molar-refractivity contribution in [3.63, 3.8) is 0 Å². The maximum Gasteiger partial charge on any atom is 0.271 e. The molecule has 0 radical (unpaired) electrons. The molecule has 94 valence electrons. The molecule has 1 N–H and O–H groups in total. The second kappa shape index (κ2) is 5.09. The van der Waals surface area contributed by atoms with Gasteiger partial charge in [0.2, 0.25) is 10.0 Å². The Morgan fingerprint density at radius 3 is 2.65 bits per heavy atom. The van der Waals surface area contributed by atoms with Crippen molar-refractivity contribution in [1.29, 1.82) is 0 Å². The lowest BCUT2D eigenvalue weighted by Gasteiger charge is -2.07. The minimum absolute atomic E-state index is 0.171. The minimum atomic E-state index is -3.66. The predicted octanol–water partition coefficient (Wildman–Crippen LogP) is 1.89. The number of halogens is 1. The lowest BCUT2D eigenvalue weighted by Crippen LogP contribution is -2.17. The highest BCUT2D eigenvalue weighted by Crippen LogP contribution is 2.22. The summed E-state index contributed by atoms with van der Waals surface area (Å²) in [5.74, 6) is -1.02. The van der Waals surface area contributed by atoms with Gasteiger partial charge in [0.05, 0.1) is 16.4 Å². The second-order valence-corrected chi connectivity index (χ2v) is 5.18. The monoisotopic (exact) mass is 262 g/mol. The van der Waals surface area contributed by atoms with Crippen molar-refractivity contribution >= 4 is 21.4 Å². The summed E-state index contributed by atoms with van der Waals surface area (Å²) >= 11 is 0. The fraction of sp³-hybridized carbons (Fsp3) is 0.333. The van der Waals surface area contributed by atoms with E-state index in [0.717, 1.165) is 18.2 Å². The SMILES string of the molecule is CCCS(=O)(=O)Nc1cc([N+](=O)[O-])ccc1F. The van der Waals surface area contributed by atoms with E-state index >= 15 is 0 Å². The van der Waals surface area contributed by atoms with Crippen LogP contribution in [0.15, 0.2) is 18.2 Å². The number of anilines is 1. The third-order valence-corrected chi connectivity index (χ3v) is 3.38. The first kappa shape index (κ1) is 13.4. The van der Waals surface area contributed by atoms with Crippen molar-refractivity contribution < 1.29 is 17.7 Å². The Hall–Kier alpha value is -1.70. The number of nitro benzene ring substituents is 1. The van der Waals surface area contributed by atoms with Gasteiger partial charge in [0.15, 0.2) is 0 Å².